The van der Waals surface area contributed by atoms with E-state index in [0.29, 0.717) is 5.56 Å². The summed E-state index contributed by atoms with van der Waals surface area (Å²) in [4.78, 5) is 0. The lowest BCUT2D eigenvalue weighted by Crippen LogP contribution is -2.12. The second-order valence-corrected chi connectivity index (χ2v) is 3.01. The summed E-state index contributed by atoms with van der Waals surface area (Å²) in [6.45, 7) is 0.206. The molecule has 0 unspecified atom stereocenters. The third-order valence-electron chi connectivity index (χ3n) is 1.69. The fourth-order valence-corrected chi connectivity index (χ4v) is 1.06. The van der Waals surface area contributed by atoms with Crippen LogP contribution in [0.3, 0.4) is 0 Å². The molecule has 0 saturated heterocycles. The zero-order valence-corrected chi connectivity index (χ0v) is 7.54. The Kier molecular flexibility index (Phi) is 3.13. The number of benzene rings is 1. The van der Waals surface area contributed by atoms with Crippen LogP contribution in [-0.4, -0.2) is 17.3 Å². The summed E-state index contributed by atoms with van der Waals surface area (Å²) < 4.78 is 36.4. The molecular formula is C9H10F3NO. The number of alkyl halides is 3. The number of hydrogen-bond acceptors (Lipinski definition) is 2. The van der Waals surface area contributed by atoms with Crippen LogP contribution in [0.2, 0.25) is 0 Å². The Morgan fingerprint density at radius 1 is 1.21 bits per heavy atom. The summed E-state index contributed by atoms with van der Waals surface area (Å²) in [5.74, 6) is 0. The second-order valence-electron chi connectivity index (χ2n) is 3.01. The van der Waals surface area contributed by atoms with E-state index in [1.54, 1.807) is 0 Å². The molecule has 0 aliphatic rings. The van der Waals surface area contributed by atoms with E-state index in [9.17, 15) is 13.2 Å². The Balaban J connectivity index is 2.79. The van der Waals surface area contributed by atoms with Gasteiger partial charge in [-0.05, 0) is 17.7 Å². The maximum Gasteiger partial charge on any atom is 0.416 e. The van der Waals surface area contributed by atoms with Gasteiger partial charge in [-0.1, -0.05) is 12.1 Å². The molecule has 1 N–H and O–H groups in total. The Bertz CT molecular complexity index is 292. The van der Waals surface area contributed by atoms with Gasteiger partial charge in [0, 0.05) is 13.6 Å². The van der Waals surface area contributed by atoms with Gasteiger partial charge in [-0.2, -0.15) is 18.2 Å². The highest BCUT2D eigenvalue weighted by atomic mass is 19.4. The van der Waals surface area contributed by atoms with Crippen LogP contribution in [0.4, 0.5) is 13.2 Å². The van der Waals surface area contributed by atoms with Crippen LogP contribution in [0.1, 0.15) is 11.1 Å². The molecule has 1 aromatic rings. The van der Waals surface area contributed by atoms with E-state index in [0.717, 1.165) is 17.2 Å². The van der Waals surface area contributed by atoms with Crippen molar-refractivity contribution in [1.82, 2.24) is 5.06 Å². The molecule has 0 heterocycles. The highest BCUT2D eigenvalue weighted by Crippen LogP contribution is 2.29. The molecule has 0 fully saturated rings. The van der Waals surface area contributed by atoms with Crippen LogP contribution in [0.25, 0.3) is 0 Å². The molecule has 0 aromatic heterocycles. The van der Waals surface area contributed by atoms with Gasteiger partial charge >= 0.3 is 6.18 Å². The molecule has 0 saturated carbocycles. The van der Waals surface area contributed by atoms with E-state index in [1.807, 2.05) is 0 Å². The van der Waals surface area contributed by atoms with Crippen LogP contribution in [0, 0.1) is 0 Å². The van der Waals surface area contributed by atoms with Gasteiger partial charge in [0.1, 0.15) is 0 Å². The van der Waals surface area contributed by atoms with Gasteiger partial charge in [0.2, 0.25) is 0 Å². The van der Waals surface area contributed by atoms with Crippen LogP contribution >= 0.6 is 0 Å². The Hall–Kier alpha value is -1.07. The first-order chi connectivity index (χ1) is 6.39. The van der Waals surface area contributed by atoms with Gasteiger partial charge in [-0.15, -0.1) is 0 Å². The van der Waals surface area contributed by atoms with Crippen molar-refractivity contribution in [2.75, 3.05) is 7.05 Å². The van der Waals surface area contributed by atoms with Crippen molar-refractivity contribution in [3.05, 3.63) is 35.4 Å². The van der Waals surface area contributed by atoms with Crippen molar-refractivity contribution in [3.8, 4) is 0 Å². The van der Waals surface area contributed by atoms with Crippen molar-refractivity contribution in [1.29, 1.82) is 0 Å². The molecule has 1 rings (SSSR count). The van der Waals surface area contributed by atoms with Crippen molar-refractivity contribution in [2.45, 2.75) is 12.7 Å². The standard InChI is InChI=1S/C9H10F3NO/c1-13(14)6-7-2-4-8(5-3-7)9(10,11)12/h2-5,14H,6H2,1H3. The average Bonchev–Trinajstić information content (AvgIpc) is 2.02. The van der Waals surface area contributed by atoms with Crippen molar-refractivity contribution in [2.24, 2.45) is 0 Å². The molecule has 0 bridgehead atoms. The monoisotopic (exact) mass is 205 g/mol. The van der Waals surface area contributed by atoms with E-state index < -0.39 is 11.7 Å². The largest absolute Gasteiger partial charge is 0.416 e. The number of halogens is 3. The molecule has 2 nitrogen and oxygen atoms in total. The third kappa shape index (κ3) is 3.01. The first kappa shape index (κ1) is 11.0. The second kappa shape index (κ2) is 3.98. The molecule has 0 amide bonds. The highest BCUT2D eigenvalue weighted by molar-refractivity contribution is 5.24. The van der Waals surface area contributed by atoms with E-state index in [4.69, 9.17) is 5.21 Å². The quantitative estimate of drug-likeness (QED) is 0.750. The Morgan fingerprint density at radius 3 is 2.07 bits per heavy atom. The number of nitrogens with zero attached hydrogens (tertiary/aromatic N) is 1. The minimum absolute atomic E-state index is 0.206. The van der Waals surface area contributed by atoms with Gasteiger partial charge in [-0.25, -0.2) is 0 Å². The van der Waals surface area contributed by atoms with Gasteiger partial charge in [-0.3, -0.25) is 0 Å². The number of hydrogen-bond donors (Lipinski definition) is 1. The predicted molar refractivity (Wildman–Crippen MR) is 44.7 cm³/mol. The minimum Gasteiger partial charge on any atom is -0.314 e. The van der Waals surface area contributed by atoms with Crippen LogP contribution < -0.4 is 0 Å². The summed E-state index contributed by atoms with van der Waals surface area (Å²) in [5, 5.41) is 9.75. The van der Waals surface area contributed by atoms with Gasteiger partial charge in [0.15, 0.2) is 0 Å². The molecule has 0 radical (unpaired) electrons. The molecule has 1 aromatic carbocycles. The van der Waals surface area contributed by atoms with Crippen molar-refractivity contribution < 1.29 is 18.4 Å². The number of rotatable bonds is 2. The van der Waals surface area contributed by atoms with Crippen molar-refractivity contribution in [3.63, 3.8) is 0 Å². The maximum atomic E-state index is 12.1. The maximum absolute atomic E-state index is 12.1. The lowest BCUT2D eigenvalue weighted by molar-refractivity contribution is -0.137. The van der Waals surface area contributed by atoms with Crippen LogP contribution in [0.15, 0.2) is 24.3 Å². The Morgan fingerprint density at radius 2 is 1.71 bits per heavy atom. The highest BCUT2D eigenvalue weighted by Gasteiger charge is 2.29. The van der Waals surface area contributed by atoms with E-state index in [-0.39, 0.29) is 6.54 Å². The molecule has 0 aliphatic carbocycles. The zero-order valence-electron chi connectivity index (χ0n) is 7.54. The SMILES string of the molecule is CN(O)Cc1ccc(C(F)(F)F)cc1. The fourth-order valence-electron chi connectivity index (χ4n) is 1.06. The van der Waals surface area contributed by atoms with E-state index in [1.165, 1.54) is 19.2 Å². The summed E-state index contributed by atoms with van der Waals surface area (Å²) in [7, 11) is 1.43. The van der Waals surface area contributed by atoms with Crippen molar-refractivity contribution >= 4 is 0 Å². The minimum atomic E-state index is -4.30. The van der Waals surface area contributed by atoms with Gasteiger partial charge in [0.05, 0.1) is 5.56 Å². The molecule has 0 spiro atoms. The average molecular weight is 205 g/mol. The zero-order chi connectivity index (χ0) is 10.8. The summed E-state index contributed by atoms with van der Waals surface area (Å²) in [6, 6.07) is 4.68. The molecule has 0 aliphatic heterocycles. The lowest BCUT2D eigenvalue weighted by atomic mass is 10.1. The van der Waals surface area contributed by atoms with Crippen LogP contribution in [-0.2, 0) is 12.7 Å². The first-order valence-corrected chi connectivity index (χ1v) is 3.96. The Labute approximate surface area is 79.5 Å². The smallest absolute Gasteiger partial charge is 0.314 e. The first-order valence-electron chi connectivity index (χ1n) is 3.96. The van der Waals surface area contributed by atoms with E-state index >= 15 is 0 Å². The topological polar surface area (TPSA) is 23.5 Å². The molecule has 14 heavy (non-hydrogen) atoms. The van der Waals surface area contributed by atoms with Gasteiger partial charge in [0.25, 0.3) is 0 Å². The lowest BCUT2D eigenvalue weighted by Gasteiger charge is -2.10. The van der Waals surface area contributed by atoms with Crippen LogP contribution in [0.5, 0.6) is 0 Å². The molecule has 0 atom stereocenters. The predicted octanol–water partition coefficient (Wildman–Crippen LogP) is 2.53. The van der Waals surface area contributed by atoms with Gasteiger partial charge < -0.3 is 5.21 Å². The normalized spacial score (nSPS) is 12.1. The summed E-state index contributed by atoms with van der Waals surface area (Å²) >= 11 is 0. The molecular weight excluding hydrogens is 195 g/mol. The van der Waals surface area contributed by atoms with E-state index in [2.05, 4.69) is 0 Å². The summed E-state index contributed by atoms with van der Waals surface area (Å²) in [5.41, 5.74) is -0.0511. The third-order valence-corrected chi connectivity index (χ3v) is 1.69. The fraction of sp³-hybridized carbons (Fsp3) is 0.333. The number of hydroxylamine groups is 2. The summed E-state index contributed by atoms with van der Waals surface area (Å²) in [6.07, 6.45) is -4.30. The molecule has 5 heteroatoms. The molecule has 78 valence electrons.